The van der Waals surface area contributed by atoms with Gasteiger partial charge in [-0.2, -0.15) is 0 Å². The summed E-state index contributed by atoms with van der Waals surface area (Å²) < 4.78 is 0. The van der Waals surface area contributed by atoms with E-state index in [1.165, 1.54) is 63.5 Å². The van der Waals surface area contributed by atoms with Gasteiger partial charge in [-0.15, -0.1) is 0 Å². The number of hydrogen-bond donors (Lipinski definition) is 0. The van der Waals surface area contributed by atoms with Crippen molar-refractivity contribution in [2.45, 2.75) is 63.8 Å². The van der Waals surface area contributed by atoms with Crippen molar-refractivity contribution in [3.63, 3.8) is 0 Å². The Balaban J connectivity index is 2.11. The predicted octanol–water partition coefficient (Wildman–Crippen LogP) is 6.14. The Kier molecular flexibility index (Phi) is 7.87. The van der Waals surface area contributed by atoms with Crippen LogP contribution in [0.1, 0.15) is 57.8 Å². The van der Waals surface area contributed by atoms with Crippen molar-refractivity contribution in [2.75, 3.05) is 11.9 Å². The fourth-order valence-electron chi connectivity index (χ4n) is 3.31. The highest BCUT2D eigenvalue weighted by Gasteiger charge is 2.15. The Bertz CT molecular complexity index is 432. The number of rotatable bonds is 2. The third-order valence-corrected chi connectivity index (χ3v) is 4.73. The number of anilines is 1. The average molecular weight is 297 g/mol. The molecule has 0 amide bonds. The molecule has 0 radical (unpaired) electrons. The molecule has 0 N–H and O–H groups in total. The number of hydrogen-bond acceptors (Lipinski definition) is 1. The van der Waals surface area contributed by atoms with Crippen LogP contribution < -0.4 is 4.90 Å². The highest BCUT2D eigenvalue weighted by atomic mass is 15.1. The summed E-state index contributed by atoms with van der Waals surface area (Å²) in [6.45, 7) is 0. The van der Waals surface area contributed by atoms with Crippen molar-refractivity contribution in [3.8, 4) is 0 Å². The van der Waals surface area contributed by atoms with Crippen LogP contribution in [-0.4, -0.2) is 13.1 Å². The first-order chi connectivity index (χ1) is 10.9. The van der Waals surface area contributed by atoms with Crippen molar-refractivity contribution >= 4 is 5.69 Å². The Morgan fingerprint density at radius 2 is 1.05 bits per heavy atom. The van der Waals surface area contributed by atoms with Crippen LogP contribution in [0.15, 0.2) is 54.6 Å². The van der Waals surface area contributed by atoms with Gasteiger partial charge >= 0.3 is 0 Å². The molecule has 0 aliphatic heterocycles. The maximum atomic E-state index is 2.50. The summed E-state index contributed by atoms with van der Waals surface area (Å²) in [6, 6.07) is 19.9. The zero-order valence-corrected chi connectivity index (χ0v) is 14.1. The second kappa shape index (κ2) is 10.3. The van der Waals surface area contributed by atoms with E-state index in [-0.39, 0.29) is 0 Å². The van der Waals surface area contributed by atoms with Gasteiger partial charge in [-0.1, -0.05) is 87.4 Å². The molecule has 1 aromatic rings. The summed E-state index contributed by atoms with van der Waals surface area (Å²) in [5, 5.41) is 0. The van der Waals surface area contributed by atoms with Crippen LogP contribution in [0, 0.1) is 0 Å². The minimum absolute atomic E-state index is 0.685. The second-order valence-corrected chi connectivity index (χ2v) is 6.42. The normalized spacial score (nSPS) is 17.3. The summed E-state index contributed by atoms with van der Waals surface area (Å²) in [5.74, 6) is 0. The van der Waals surface area contributed by atoms with E-state index in [2.05, 4.69) is 66.5 Å². The molecule has 0 bridgehead atoms. The highest BCUT2D eigenvalue weighted by Crippen LogP contribution is 2.23. The molecule has 0 unspecified atom stereocenters. The first-order valence-electron chi connectivity index (χ1n) is 8.99. The van der Waals surface area contributed by atoms with Crippen molar-refractivity contribution in [1.29, 1.82) is 0 Å². The largest absolute Gasteiger partial charge is 0.372 e. The van der Waals surface area contributed by atoms with Crippen LogP contribution >= 0.6 is 0 Å². The molecule has 0 aromatic heterocycles. The molecule has 22 heavy (non-hydrogen) atoms. The molecular weight excluding hydrogens is 266 g/mol. The summed E-state index contributed by atoms with van der Waals surface area (Å²) >= 11 is 0. The summed E-state index contributed by atoms with van der Waals surface area (Å²) in [5.41, 5.74) is 1.32. The minimum atomic E-state index is 0.685. The number of nitrogens with zero attached hydrogens (tertiary/aromatic N) is 1. The average Bonchev–Trinajstić information content (AvgIpc) is 2.56. The summed E-state index contributed by atoms with van der Waals surface area (Å²) in [7, 11) is 2.27. The van der Waals surface area contributed by atoms with Crippen LogP contribution in [0.4, 0.5) is 5.69 Å². The minimum Gasteiger partial charge on any atom is -0.372 e. The maximum Gasteiger partial charge on any atom is 0.0366 e. The van der Waals surface area contributed by atoms with E-state index in [0.29, 0.717) is 6.04 Å². The fourth-order valence-corrected chi connectivity index (χ4v) is 3.31. The van der Waals surface area contributed by atoms with Gasteiger partial charge in [-0.3, -0.25) is 0 Å². The molecule has 1 fully saturated rings. The first-order valence-corrected chi connectivity index (χ1v) is 8.99. The lowest BCUT2D eigenvalue weighted by molar-refractivity contribution is 0.449. The quantitative estimate of drug-likeness (QED) is 0.633. The Morgan fingerprint density at radius 1 is 0.636 bits per heavy atom. The van der Waals surface area contributed by atoms with E-state index in [4.69, 9.17) is 0 Å². The summed E-state index contributed by atoms with van der Waals surface area (Å²) in [4.78, 5) is 2.50. The molecular formula is C21H31N. The Labute approximate surface area is 136 Å². The molecule has 2 rings (SSSR count). The van der Waals surface area contributed by atoms with Gasteiger partial charge < -0.3 is 4.90 Å². The van der Waals surface area contributed by atoms with Crippen LogP contribution in [0.5, 0.6) is 0 Å². The van der Waals surface area contributed by atoms with E-state index in [1.54, 1.807) is 0 Å². The van der Waals surface area contributed by atoms with Crippen molar-refractivity contribution in [3.05, 3.63) is 54.6 Å². The van der Waals surface area contributed by atoms with E-state index in [9.17, 15) is 0 Å². The third kappa shape index (κ3) is 6.09. The molecule has 0 atom stereocenters. The van der Waals surface area contributed by atoms with Gasteiger partial charge in [-0.25, -0.2) is 0 Å². The molecule has 0 saturated heterocycles. The van der Waals surface area contributed by atoms with Gasteiger partial charge in [0.25, 0.3) is 0 Å². The standard InChI is InChI=1S/C21H31N/c1-22(20-16-12-8-4-2-5-9-13-17-20)21-18-14-10-6-3-7-11-15-19-21/h2,4-5,8-9,12-13,16-17,21H,3,6-7,10-11,14-15,18-19H2,1H3. The molecule has 1 nitrogen and oxygen atoms in total. The van der Waals surface area contributed by atoms with Crippen molar-refractivity contribution < 1.29 is 0 Å². The van der Waals surface area contributed by atoms with Gasteiger partial charge in [0.15, 0.2) is 0 Å². The molecule has 1 saturated carbocycles. The van der Waals surface area contributed by atoms with Gasteiger partial charge in [0.1, 0.15) is 0 Å². The Hall–Kier alpha value is -1.50. The van der Waals surface area contributed by atoms with E-state index in [0.717, 1.165) is 0 Å². The maximum absolute atomic E-state index is 2.50. The van der Waals surface area contributed by atoms with Crippen molar-refractivity contribution in [1.82, 2.24) is 0 Å². The van der Waals surface area contributed by atoms with E-state index in [1.807, 2.05) is 0 Å². The van der Waals surface area contributed by atoms with Crippen LogP contribution in [0.3, 0.4) is 0 Å². The van der Waals surface area contributed by atoms with Crippen molar-refractivity contribution in [2.24, 2.45) is 0 Å². The van der Waals surface area contributed by atoms with E-state index >= 15 is 0 Å². The monoisotopic (exact) mass is 297 g/mol. The van der Waals surface area contributed by atoms with Gasteiger partial charge in [0.2, 0.25) is 0 Å². The smallest absolute Gasteiger partial charge is 0.0366 e. The zero-order chi connectivity index (χ0) is 15.5. The second-order valence-electron chi connectivity index (χ2n) is 6.42. The van der Waals surface area contributed by atoms with Gasteiger partial charge in [0.05, 0.1) is 0 Å². The molecule has 1 aromatic carbocycles. The van der Waals surface area contributed by atoms with Crippen LogP contribution in [0.25, 0.3) is 0 Å². The summed E-state index contributed by atoms with van der Waals surface area (Å²) in [6.07, 6.45) is 12.5. The predicted molar refractivity (Wildman–Crippen MR) is 97.8 cm³/mol. The lowest BCUT2D eigenvalue weighted by atomic mass is 9.96. The zero-order valence-electron chi connectivity index (χ0n) is 14.1. The van der Waals surface area contributed by atoms with Crippen LogP contribution in [0.2, 0.25) is 0 Å². The highest BCUT2D eigenvalue weighted by molar-refractivity contribution is 5.44. The molecule has 1 heteroatoms. The SMILES string of the molecule is CN(c1ccccccccc1)C1CCCCCCCCC1. The molecule has 0 spiro atoms. The molecule has 1 aliphatic rings. The lowest BCUT2D eigenvalue weighted by Crippen LogP contribution is -2.31. The third-order valence-electron chi connectivity index (χ3n) is 4.73. The van der Waals surface area contributed by atoms with Gasteiger partial charge in [-0.05, 0) is 25.0 Å². The van der Waals surface area contributed by atoms with E-state index < -0.39 is 0 Å². The first kappa shape index (κ1) is 16.9. The topological polar surface area (TPSA) is 3.24 Å². The van der Waals surface area contributed by atoms with Crippen LogP contribution in [-0.2, 0) is 0 Å². The lowest BCUT2D eigenvalue weighted by Gasteiger charge is -2.30. The molecule has 120 valence electrons. The van der Waals surface area contributed by atoms with Gasteiger partial charge in [0, 0.05) is 18.8 Å². The Morgan fingerprint density at radius 3 is 1.55 bits per heavy atom. The molecule has 0 heterocycles. The fraction of sp³-hybridized carbons (Fsp3) is 0.524. The molecule has 1 aliphatic carbocycles.